The Hall–Kier alpha value is -0.0831. The summed E-state index contributed by atoms with van der Waals surface area (Å²) in [5.74, 6) is 0. The molecule has 0 saturated heterocycles. The van der Waals surface area contributed by atoms with Gasteiger partial charge in [-0.25, -0.2) is 0 Å². The molecule has 0 aliphatic rings. The molecule has 1 nitrogen and oxygen atoms in total. The highest BCUT2D eigenvalue weighted by molar-refractivity contribution is 6.77. The predicted molar refractivity (Wildman–Crippen MR) is 78.9 cm³/mol. The zero-order chi connectivity index (χ0) is 12.4. The van der Waals surface area contributed by atoms with Crippen LogP contribution in [0.1, 0.15) is 33.6 Å². The molecule has 16 heavy (non-hydrogen) atoms. The van der Waals surface area contributed by atoms with E-state index in [1.165, 1.54) is 44.6 Å². The minimum atomic E-state index is -0.974. The van der Waals surface area contributed by atoms with E-state index in [-0.39, 0.29) is 0 Å². The van der Waals surface area contributed by atoms with Gasteiger partial charge in [-0.3, -0.25) is 0 Å². The van der Waals surface area contributed by atoms with Gasteiger partial charge in [-0.15, -0.1) is 0 Å². The smallest absolute Gasteiger partial charge is 0.0523 e. The average molecular weight is 241 g/mol. The van der Waals surface area contributed by atoms with Crippen molar-refractivity contribution in [3.05, 3.63) is 12.2 Å². The van der Waals surface area contributed by atoms with Gasteiger partial charge in [0.2, 0.25) is 0 Å². The molecule has 0 aromatic rings. The Morgan fingerprint density at radius 2 is 1.56 bits per heavy atom. The highest BCUT2D eigenvalue weighted by Crippen LogP contribution is 2.16. The van der Waals surface area contributed by atoms with E-state index in [9.17, 15) is 0 Å². The van der Waals surface area contributed by atoms with Crippen LogP contribution in [-0.2, 0) is 0 Å². The molecule has 0 aliphatic heterocycles. The Labute approximate surface area is 104 Å². The summed E-state index contributed by atoms with van der Waals surface area (Å²) in [4.78, 5) is 2.64. The Morgan fingerprint density at radius 1 is 1.00 bits per heavy atom. The van der Waals surface area contributed by atoms with E-state index in [0.717, 1.165) is 0 Å². The third-order valence-electron chi connectivity index (χ3n) is 3.09. The second-order valence-electron chi connectivity index (χ2n) is 5.53. The normalized spacial score (nSPS) is 12.9. The van der Waals surface area contributed by atoms with Crippen LogP contribution < -0.4 is 0 Å². The van der Waals surface area contributed by atoms with Crippen LogP contribution in [-0.4, -0.2) is 32.6 Å². The zero-order valence-electron chi connectivity index (χ0n) is 12.1. The molecule has 96 valence electrons. The first-order valence-electron chi connectivity index (χ1n) is 6.89. The number of rotatable bonds is 9. The van der Waals surface area contributed by atoms with Crippen molar-refractivity contribution in [1.29, 1.82) is 0 Å². The molecule has 0 saturated carbocycles. The van der Waals surface area contributed by atoms with Gasteiger partial charge in [0.05, 0.1) is 8.07 Å². The standard InChI is InChI=1S/C14H31NSi/c1-6-9-13-16(4,5)14-12-15(10-7-2)11-8-3/h6,9H,7-8,10-14H2,1-5H3. The second kappa shape index (κ2) is 9.00. The Bertz CT molecular complexity index is 181. The van der Waals surface area contributed by atoms with Gasteiger partial charge in [0.15, 0.2) is 0 Å². The topological polar surface area (TPSA) is 3.24 Å². The van der Waals surface area contributed by atoms with Crippen LogP contribution in [0.3, 0.4) is 0 Å². The van der Waals surface area contributed by atoms with Crippen LogP contribution in [0, 0.1) is 0 Å². The maximum Gasteiger partial charge on any atom is 0.0523 e. The fourth-order valence-corrected chi connectivity index (χ4v) is 3.97. The minimum Gasteiger partial charge on any atom is -0.304 e. The van der Waals surface area contributed by atoms with Gasteiger partial charge in [-0.2, -0.15) is 0 Å². The van der Waals surface area contributed by atoms with Crippen LogP contribution in [0.25, 0.3) is 0 Å². The fraction of sp³-hybridized carbons (Fsp3) is 0.857. The Morgan fingerprint density at radius 3 is 2.00 bits per heavy atom. The molecule has 0 radical (unpaired) electrons. The second-order valence-corrected chi connectivity index (χ2v) is 10.8. The van der Waals surface area contributed by atoms with Gasteiger partial charge < -0.3 is 4.90 Å². The van der Waals surface area contributed by atoms with Crippen molar-refractivity contribution >= 4 is 8.07 Å². The maximum atomic E-state index is 2.64. The van der Waals surface area contributed by atoms with Crippen molar-refractivity contribution in [1.82, 2.24) is 4.90 Å². The lowest BCUT2D eigenvalue weighted by molar-refractivity contribution is 0.288. The minimum absolute atomic E-state index is 0.974. The molecule has 0 N–H and O–H groups in total. The largest absolute Gasteiger partial charge is 0.304 e. The summed E-state index contributed by atoms with van der Waals surface area (Å²) in [6, 6.07) is 2.78. The monoisotopic (exact) mass is 241 g/mol. The number of allylic oxidation sites excluding steroid dienone is 2. The summed E-state index contributed by atoms with van der Waals surface area (Å²) in [6.45, 7) is 15.6. The summed E-state index contributed by atoms with van der Waals surface area (Å²) < 4.78 is 0. The molecule has 0 aromatic heterocycles. The first kappa shape index (κ1) is 15.9. The van der Waals surface area contributed by atoms with Crippen molar-refractivity contribution < 1.29 is 0 Å². The molecule has 0 aliphatic carbocycles. The van der Waals surface area contributed by atoms with Gasteiger partial charge in [0.1, 0.15) is 0 Å². The molecular formula is C14H31NSi. The van der Waals surface area contributed by atoms with Crippen molar-refractivity contribution in [3.63, 3.8) is 0 Å². The lowest BCUT2D eigenvalue weighted by Gasteiger charge is -2.27. The van der Waals surface area contributed by atoms with E-state index in [1.807, 2.05) is 0 Å². The summed E-state index contributed by atoms with van der Waals surface area (Å²) in [6.07, 6.45) is 7.13. The van der Waals surface area contributed by atoms with E-state index < -0.39 is 8.07 Å². The van der Waals surface area contributed by atoms with Gasteiger partial charge in [0.25, 0.3) is 0 Å². The van der Waals surface area contributed by atoms with Crippen LogP contribution in [0.2, 0.25) is 25.2 Å². The van der Waals surface area contributed by atoms with Gasteiger partial charge in [0, 0.05) is 0 Å². The number of hydrogen-bond donors (Lipinski definition) is 0. The highest BCUT2D eigenvalue weighted by atomic mass is 28.3. The third kappa shape index (κ3) is 8.11. The van der Waals surface area contributed by atoms with Crippen molar-refractivity contribution in [3.8, 4) is 0 Å². The Kier molecular flexibility index (Phi) is 8.95. The van der Waals surface area contributed by atoms with Gasteiger partial charge in [-0.1, -0.05) is 39.1 Å². The lowest BCUT2D eigenvalue weighted by Crippen LogP contribution is -2.34. The lowest BCUT2D eigenvalue weighted by atomic mass is 10.3. The van der Waals surface area contributed by atoms with Crippen molar-refractivity contribution in [2.24, 2.45) is 0 Å². The predicted octanol–water partition coefficient (Wildman–Crippen LogP) is 4.39. The van der Waals surface area contributed by atoms with Crippen LogP contribution in [0.5, 0.6) is 0 Å². The van der Waals surface area contributed by atoms with E-state index in [4.69, 9.17) is 0 Å². The summed E-state index contributed by atoms with van der Waals surface area (Å²) in [5, 5.41) is 0. The summed E-state index contributed by atoms with van der Waals surface area (Å²) >= 11 is 0. The molecule has 0 atom stereocenters. The fourth-order valence-electron chi connectivity index (χ4n) is 1.97. The molecule has 0 heterocycles. The van der Waals surface area contributed by atoms with E-state index in [0.29, 0.717) is 0 Å². The van der Waals surface area contributed by atoms with Crippen molar-refractivity contribution in [2.45, 2.75) is 58.8 Å². The first-order chi connectivity index (χ1) is 7.55. The molecule has 2 heteroatoms. The molecule has 0 rings (SSSR count). The van der Waals surface area contributed by atoms with Crippen molar-refractivity contribution in [2.75, 3.05) is 19.6 Å². The average Bonchev–Trinajstić information content (AvgIpc) is 2.24. The molecular weight excluding hydrogens is 210 g/mol. The summed E-state index contributed by atoms with van der Waals surface area (Å²) in [7, 11) is -0.974. The van der Waals surface area contributed by atoms with E-state index in [2.05, 4.69) is 50.9 Å². The molecule has 0 bridgehead atoms. The van der Waals surface area contributed by atoms with Gasteiger partial charge >= 0.3 is 0 Å². The van der Waals surface area contributed by atoms with E-state index >= 15 is 0 Å². The molecule has 0 fully saturated rings. The Balaban J connectivity index is 3.96. The first-order valence-corrected chi connectivity index (χ1v) is 10.3. The SMILES string of the molecule is CC=CC[Si](C)(C)CCN(CCC)CCC. The van der Waals surface area contributed by atoms with Crippen LogP contribution in [0.15, 0.2) is 12.2 Å². The van der Waals surface area contributed by atoms with Crippen LogP contribution in [0.4, 0.5) is 0 Å². The zero-order valence-corrected chi connectivity index (χ0v) is 13.1. The summed E-state index contributed by atoms with van der Waals surface area (Å²) in [5.41, 5.74) is 0. The maximum absolute atomic E-state index is 2.64. The van der Waals surface area contributed by atoms with Crippen LogP contribution >= 0.6 is 0 Å². The van der Waals surface area contributed by atoms with E-state index in [1.54, 1.807) is 0 Å². The van der Waals surface area contributed by atoms with Gasteiger partial charge in [-0.05, 0) is 51.5 Å². The third-order valence-corrected chi connectivity index (χ3v) is 6.01. The molecule has 0 aromatic carbocycles. The molecule has 0 spiro atoms. The highest BCUT2D eigenvalue weighted by Gasteiger charge is 2.19. The number of hydrogen-bond acceptors (Lipinski definition) is 1. The quantitative estimate of drug-likeness (QED) is 0.427. The molecule has 0 unspecified atom stereocenters. The molecule has 0 amide bonds. The number of nitrogens with zero attached hydrogens (tertiary/aromatic N) is 1.